The first-order valence-electron chi connectivity index (χ1n) is 12.7. The molecule has 0 aliphatic rings. The van der Waals surface area contributed by atoms with Crippen LogP contribution in [0.15, 0.2) is 128 Å². The van der Waals surface area contributed by atoms with Gasteiger partial charge in [0.2, 0.25) is 5.95 Å². The molecule has 0 saturated heterocycles. The summed E-state index contributed by atoms with van der Waals surface area (Å²) in [5.41, 5.74) is 6.63. The second kappa shape index (κ2) is 8.37. The monoisotopic (exact) mass is 503 g/mol. The van der Waals surface area contributed by atoms with Crippen LogP contribution in [0.3, 0.4) is 0 Å². The first-order chi connectivity index (χ1) is 18.8. The smallest absolute Gasteiger partial charge is 0.235 e. The Hall–Kier alpha value is -4.80. The molecule has 0 amide bonds. The number of aromatic nitrogens is 3. The number of thiophene rings is 1. The minimum Gasteiger partial charge on any atom is -0.278 e. The van der Waals surface area contributed by atoms with Crippen molar-refractivity contribution in [2.24, 2.45) is 0 Å². The van der Waals surface area contributed by atoms with E-state index in [1.54, 1.807) is 0 Å². The molecule has 3 aromatic heterocycles. The summed E-state index contributed by atoms with van der Waals surface area (Å²) in [5.74, 6) is 0.678. The highest BCUT2D eigenvalue weighted by Gasteiger charge is 2.17. The molecule has 8 aromatic rings. The summed E-state index contributed by atoms with van der Waals surface area (Å²) in [6, 6.07) is 42.8. The normalized spacial score (nSPS) is 11.7. The van der Waals surface area contributed by atoms with Crippen molar-refractivity contribution in [1.29, 1.82) is 0 Å². The molecule has 0 atom stereocenters. The van der Waals surface area contributed by atoms with Crippen LogP contribution < -0.4 is 0 Å². The molecule has 0 unspecified atom stereocenters. The van der Waals surface area contributed by atoms with Crippen LogP contribution in [-0.4, -0.2) is 14.5 Å². The first-order valence-corrected chi connectivity index (χ1v) is 13.5. The molecule has 3 heterocycles. The summed E-state index contributed by atoms with van der Waals surface area (Å²) in [6.45, 7) is 0. The van der Waals surface area contributed by atoms with E-state index in [-0.39, 0.29) is 0 Å². The molecule has 0 saturated carbocycles. The Morgan fingerprint density at radius 3 is 2.24 bits per heavy atom. The number of benzene rings is 5. The van der Waals surface area contributed by atoms with Crippen LogP contribution >= 0.6 is 11.3 Å². The lowest BCUT2D eigenvalue weighted by Gasteiger charge is -2.09. The van der Waals surface area contributed by atoms with Crippen molar-refractivity contribution < 1.29 is 0 Å². The van der Waals surface area contributed by atoms with Crippen molar-refractivity contribution in [2.75, 3.05) is 0 Å². The van der Waals surface area contributed by atoms with Gasteiger partial charge in [0.25, 0.3) is 0 Å². The van der Waals surface area contributed by atoms with Crippen molar-refractivity contribution in [3.05, 3.63) is 128 Å². The molecule has 0 N–H and O–H groups in total. The van der Waals surface area contributed by atoms with Gasteiger partial charge in [0, 0.05) is 42.7 Å². The van der Waals surface area contributed by atoms with Gasteiger partial charge in [0.15, 0.2) is 0 Å². The average Bonchev–Trinajstić information content (AvgIpc) is 3.53. The summed E-state index contributed by atoms with van der Waals surface area (Å²) < 4.78 is 4.75. The highest BCUT2D eigenvalue weighted by molar-refractivity contribution is 7.26. The Bertz CT molecular complexity index is 2140. The molecule has 0 radical (unpaired) electrons. The van der Waals surface area contributed by atoms with Crippen molar-refractivity contribution in [3.8, 4) is 28.3 Å². The predicted octanol–water partition coefficient (Wildman–Crippen LogP) is 9.28. The van der Waals surface area contributed by atoms with Gasteiger partial charge in [-0.15, -0.1) is 11.3 Å². The molecule has 38 heavy (non-hydrogen) atoms. The van der Waals surface area contributed by atoms with Crippen LogP contribution in [0.5, 0.6) is 0 Å². The lowest BCUT2D eigenvalue weighted by atomic mass is 10.0. The molecule has 0 bridgehead atoms. The molecule has 0 aliphatic carbocycles. The van der Waals surface area contributed by atoms with Crippen molar-refractivity contribution in [2.45, 2.75) is 0 Å². The molecule has 178 valence electrons. The quantitative estimate of drug-likeness (QED) is 0.240. The zero-order chi connectivity index (χ0) is 25.1. The van der Waals surface area contributed by atoms with Gasteiger partial charge >= 0.3 is 0 Å². The van der Waals surface area contributed by atoms with Gasteiger partial charge in [-0.3, -0.25) is 4.57 Å². The third-order valence-corrected chi connectivity index (χ3v) is 8.52. The molecule has 0 spiro atoms. The van der Waals surface area contributed by atoms with Crippen LogP contribution in [-0.2, 0) is 0 Å². The second-order valence-corrected chi connectivity index (χ2v) is 10.5. The van der Waals surface area contributed by atoms with Crippen molar-refractivity contribution in [1.82, 2.24) is 14.5 Å². The lowest BCUT2D eigenvalue weighted by molar-refractivity contribution is 0.993. The van der Waals surface area contributed by atoms with E-state index in [9.17, 15) is 0 Å². The van der Waals surface area contributed by atoms with Crippen LogP contribution in [0.2, 0.25) is 0 Å². The third kappa shape index (κ3) is 3.21. The lowest BCUT2D eigenvalue weighted by Crippen LogP contribution is -2.01. The fourth-order valence-corrected chi connectivity index (χ4v) is 6.78. The number of hydrogen-bond acceptors (Lipinski definition) is 3. The van der Waals surface area contributed by atoms with Crippen LogP contribution in [0.4, 0.5) is 0 Å². The number of fused-ring (bicyclic) bond motifs is 6. The van der Waals surface area contributed by atoms with E-state index in [0.717, 1.165) is 22.3 Å². The van der Waals surface area contributed by atoms with Gasteiger partial charge in [-0.25, -0.2) is 9.97 Å². The minimum absolute atomic E-state index is 0.678. The Morgan fingerprint density at radius 1 is 0.553 bits per heavy atom. The maximum Gasteiger partial charge on any atom is 0.235 e. The highest BCUT2D eigenvalue weighted by atomic mass is 32.1. The maximum absolute atomic E-state index is 5.17. The topological polar surface area (TPSA) is 30.7 Å². The molecular formula is C34H21N3S. The summed E-state index contributed by atoms with van der Waals surface area (Å²) >= 11 is 1.82. The van der Waals surface area contributed by atoms with Gasteiger partial charge in [0.1, 0.15) is 0 Å². The van der Waals surface area contributed by atoms with Gasteiger partial charge in [-0.2, -0.15) is 0 Å². The van der Waals surface area contributed by atoms with E-state index in [2.05, 4.69) is 120 Å². The minimum atomic E-state index is 0.678. The zero-order valence-electron chi connectivity index (χ0n) is 20.4. The van der Waals surface area contributed by atoms with E-state index in [4.69, 9.17) is 9.97 Å². The zero-order valence-corrected chi connectivity index (χ0v) is 21.2. The third-order valence-electron chi connectivity index (χ3n) is 7.30. The summed E-state index contributed by atoms with van der Waals surface area (Å²) in [5, 5.41) is 4.95. The Labute approximate surface area is 223 Å². The highest BCUT2D eigenvalue weighted by Crippen LogP contribution is 2.40. The van der Waals surface area contributed by atoms with E-state index in [0.29, 0.717) is 5.95 Å². The van der Waals surface area contributed by atoms with Gasteiger partial charge < -0.3 is 0 Å². The molecule has 0 fully saturated rings. The SMILES string of the molecule is c1ccc(-c2ccc3c4ccccc4n(-c4nccc(-c5cccc6c5sc5ccccc56)n4)c3c2)cc1. The van der Waals surface area contributed by atoms with Crippen LogP contribution in [0.1, 0.15) is 0 Å². The Balaban J connectivity index is 1.38. The summed E-state index contributed by atoms with van der Waals surface area (Å²) in [6.07, 6.45) is 1.88. The van der Waals surface area contributed by atoms with Crippen molar-refractivity contribution >= 4 is 53.3 Å². The van der Waals surface area contributed by atoms with E-state index in [1.807, 2.05) is 23.6 Å². The molecule has 3 nitrogen and oxygen atoms in total. The van der Waals surface area contributed by atoms with E-state index < -0.39 is 0 Å². The summed E-state index contributed by atoms with van der Waals surface area (Å²) in [7, 11) is 0. The Morgan fingerprint density at radius 2 is 1.32 bits per heavy atom. The Kier molecular flexibility index (Phi) is 4.69. The second-order valence-electron chi connectivity index (χ2n) is 9.47. The number of hydrogen-bond donors (Lipinski definition) is 0. The average molecular weight is 504 g/mol. The maximum atomic E-state index is 5.17. The number of nitrogens with zero attached hydrogens (tertiary/aromatic N) is 3. The molecule has 8 rings (SSSR count). The largest absolute Gasteiger partial charge is 0.278 e. The van der Waals surface area contributed by atoms with Crippen LogP contribution in [0.25, 0.3) is 70.3 Å². The van der Waals surface area contributed by atoms with Crippen molar-refractivity contribution in [3.63, 3.8) is 0 Å². The van der Waals surface area contributed by atoms with E-state index in [1.165, 1.54) is 42.1 Å². The molecule has 0 aliphatic heterocycles. The van der Waals surface area contributed by atoms with Crippen LogP contribution in [0, 0.1) is 0 Å². The predicted molar refractivity (Wildman–Crippen MR) is 160 cm³/mol. The molecule has 5 aromatic carbocycles. The number of para-hydroxylation sites is 1. The fourth-order valence-electron chi connectivity index (χ4n) is 5.55. The summed E-state index contributed by atoms with van der Waals surface area (Å²) in [4.78, 5) is 9.96. The molecule has 4 heteroatoms. The van der Waals surface area contributed by atoms with Gasteiger partial charge in [-0.05, 0) is 35.4 Å². The molecular weight excluding hydrogens is 482 g/mol. The number of rotatable bonds is 3. The standard InChI is InChI=1S/C34H21N3S/c1-2-9-22(10-3-1)23-17-18-25-24-11-4-6-15-30(24)37(31(25)21-23)34-35-20-19-29(36-34)28-14-8-13-27-26-12-5-7-16-32(26)38-33(27)28/h1-21H. The fraction of sp³-hybridized carbons (Fsp3) is 0. The van der Waals surface area contributed by atoms with Gasteiger partial charge in [0.05, 0.1) is 16.7 Å². The first kappa shape index (κ1) is 21.3. The van der Waals surface area contributed by atoms with E-state index >= 15 is 0 Å². The van der Waals surface area contributed by atoms with Gasteiger partial charge in [-0.1, -0.05) is 97.1 Å².